The molecule has 1 heterocycles. The van der Waals surface area contributed by atoms with E-state index in [1.807, 2.05) is 30.3 Å². The zero-order chi connectivity index (χ0) is 15.9. The Kier molecular flexibility index (Phi) is 5.95. The third-order valence-electron chi connectivity index (χ3n) is 4.19. The van der Waals surface area contributed by atoms with E-state index >= 15 is 0 Å². The molecule has 2 rings (SSSR count). The topological polar surface area (TPSA) is 52.7 Å². The Balaban J connectivity index is 1.84. The van der Waals surface area contributed by atoms with Crippen LogP contribution in [0.3, 0.4) is 0 Å². The number of benzene rings is 1. The zero-order valence-corrected chi connectivity index (χ0v) is 13.4. The molecular weight excluding hydrogens is 278 g/mol. The van der Waals surface area contributed by atoms with E-state index in [4.69, 9.17) is 0 Å². The Hall–Kier alpha value is -1.88. The predicted molar refractivity (Wildman–Crippen MR) is 87.7 cm³/mol. The number of anilines is 1. The SMILES string of the molecule is CCN(CC)CCNC(=O)C1CC(=O)N(c2ccccc2)C1. The highest BCUT2D eigenvalue weighted by molar-refractivity contribution is 6.00. The number of para-hydroxylation sites is 1. The highest BCUT2D eigenvalue weighted by Crippen LogP contribution is 2.24. The summed E-state index contributed by atoms with van der Waals surface area (Å²) in [6.45, 7) is 8.14. The van der Waals surface area contributed by atoms with Crippen LogP contribution in [0, 0.1) is 5.92 Å². The van der Waals surface area contributed by atoms with Crippen LogP contribution in [0.4, 0.5) is 5.69 Å². The molecule has 1 unspecified atom stereocenters. The van der Waals surface area contributed by atoms with E-state index in [9.17, 15) is 9.59 Å². The maximum absolute atomic E-state index is 12.2. The number of nitrogens with zero attached hydrogens (tertiary/aromatic N) is 2. The van der Waals surface area contributed by atoms with Gasteiger partial charge < -0.3 is 15.1 Å². The second-order valence-electron chi connectivity index (χ2n) is 5.56. The van der Waals surface area contributed by atoms with Crippen molar-refractivity contribution in [2.75, 3.05) is 37.6 Å². The number of carbonyl (C=O) groups is 2. The molecule has 5 heteroatoms. The van der Waals surface area contributed by atoms with Crippen LogP contribution in [0.5, 0.6) is 0 Å². The molecule has 1 saturated heterocycles. The van der Waals surface area contributed by atoms with Crippen LogP contribution < -0.4 is 10.2 Å². The molecule has 0 aromatic heterocycles. The van der Waals surface area contributed by atoms with Gasteiger partial charge in [-0.25, -0.2) is 0 Å². The number of hydrogen-bond donors (Lipinski definition) is 1. The standard InChI is InChI=1S/C17H25N3O2/c1-3-19(4-2)11-10-18-17(22)14-12-16(21)20(13-14)15-8-6-5-7-9-15/h5-9,14H,3-4,10-13H2,1-2H3,(H,18,22). The maximum Gasteiger partial charge on any atom is 0.227 e. The van der Waals surface area contributed by atoms with Crippen LogP contribution in [0.15, 0.2) is 30.3 Å². The highest BCUT2D eigenvalue weighted by Gasteiger charge is 2.34. The van der Waals surface area contributed by atoms with Crippen LogP contribution in [-0.4, -0.2) is 49.4 Å². The first kappa shape index (κ1) is 16.5. The first-order valence-electron chi connectivity index (χ1n) is 8.01. The highest BCUT2D eigenvalue weighted by atomic mass is 16.2. The molecular formula is C17H25N3O2. The van der Waals surface area contributed by atoms with Gasteiger partial charge in [0.25, 0.3) is 0 Å². The molecule has 1 aliphatic rings. The Morgan fingerprint density at radius 3 is 2.59 bits per heavy atom. The van der Waals surface area contributed by atoms with Gasteiger partial charge in [-0.2, -0.15) is 0 Å². The van der Waals surface area contributed by atoms with E-state index in [2.05, 4.69) is 24.1 Å². The van der Waals surface area contributed by atoms with Crippen LogP contribution in [0.1, 0.15) is 20.3 Å². The van der Waals surface area contributed by atoms with Crippen molar-refractivity contribution in [1.29, 1.82) is 0 Å². The number of carbonyl (C=O) groups excluding carboxylic acids is 2. The molecule has 1 aromatic rings. The average molecular weight is 303 g/mol. The average Bonchev–Trinajstić information content (AvgIpc) is 2.94. The lowest BCUT2D eigenvalue weighted by Crippen LogP contribution is -2.38. The summed E-state index contributed by atoms with van der Waals surface area (Å²) < 4.78 is 0. The number of hydrogen-bond acceptors (Lipinski definition) is 3. The van der Waals surface area contributed by atoms with Gasteiger partial charge in [-0.3, -0.25) is 9.59 Å². The maximum atomic E-state index is 12.2. The summed E-state index contributed by atoms with van der Waals surface area (Å²) in [7, 11) is 0. The molecule has 22 heavy (non-hydrogen) atoms. The van der Waals surface area contributed by atoms with Crippen molar-refractivity contribution < 1.29 is 9.59 Å². The molecule has 0 saturated carbocycles. The Morgan fingerprint density at radius 1 is 1.27 bits per heavy atom. The largest absolute Gasteiger partial charge is 0.355 e. The van der Waals surface area contributed by atoms with Crippen LogP contribution in [0.2, 0.25) is 0 Å². The van der Waals surface area contributed by atoms with Gasteiger partial charge in [-0.1, -0.05) is 32.0 Å². The molecule has 0 spiro atoms. The molecule has 1 N–H and O–H groups in total. The molecule has 0 radical (unpaired) electrons. The summed E-state index contributed by atoms with van der Waals surface area (Å²) >= 11 is 0. The normalized spacial score (nSPS) is 18.0. The molecule has 0 aliphatic carbocycles. The van der Waals surface area contributed by atoms with Crippen molar-refractivity contribution in [3.05, 3.63) is 30.3 Å². The molecule has 0 bridgehead atoms. The van der Waals surface area contributed by atoms with Gasteiger partial charge in [0, 0.05) is 31.7 Å². The zero-order valence-electron chi connectivity index (χ0n) is 13.4. The lowest BCUT2D eigenvalue weighted by Gasteiger charge is -2.19. The van der Waals surface area contributed by atoms with E-state index in [-0.39, 0.29) is 17.7 Å². The van der Waals surface area contributed by atoms with Crippen LogP contribution in [-0.2, 0) is 9.59 Å². The van der Waals surface area contributed by atoms with Crippen molar-refractivity contribution in [1.82, 2.24) is 10.2 Å². The molecule has 1 fully saturated rings. The Morgan fingerprint density at radius 2 is 1.95 bits per heavy atom. The van der Waals surface area contributed by atoms with E-state index in [1.54, 1.807) is 4.90 Å². The summed E-state index contributed by atoms with van der Waals surface area (Å²) in [5.41, 5.74) is 0.867. The molecule has 5 nitrogen and oxygen atoms in total. The minimum Gasteiger partial charge on any atom is -0.355 e. The van der Waals surface area contributed by atoms with E-state index in [0.29, 0.717) is 19.5 Å². The summed E-state index contributed by atoms with van der Waals surface area (Å²) in [6, 6.07) is 9.53. The minimum atomic E-state index is -0.246. The van der Waals surface area contributed by atoms with Crippen molar-refractivity contribution in [3.63, 3.8) is 0 Å². The van der Waals surface area contributed by atoms with Gasteiger partial charge in [-0.15, -0.1) is 0 Å². The number of likely N-dealkylation sites (N-methyl/N-ethyl adjacent to an activating group) is 1. The lowest BCUT2D eigenvalue weighted by atomic mass is 10.1. The second kappa shape index (κ2) is 7.94. The van der Waals surface area contributed by atoms with Crippen molar-refractivity contribution in [2.24, 2.45) is 5.92 Å². The summed E-state index contributed by atoms with van der Waals surface area (Å²) in [5.74, 6) is -0.238. The van der Waals surface area contributed by atoms with E-state index in [0.717, 1.165) is 25.3 Å². The molecule has 1 atom stereocenters. The molecule has 120 valence electrons. The van der Waals surface area contributed by atoms with Gasteiger partial charge in [0.2, 0.25) is 11.8 Å². The number of nitrogens with one attached hydrogen (secondary N) is 1. The minimum absolute atomic E-state index is 0.0149. The third kappa shape index (κ3) is 4.07. The monoisotopic (exact) mass is 303 g/mol. The molecule has 1 aromatic carbocycles. The summed E-state index contributed by atoms with van der Waals surface area (Å²) in [6.07, 6.45) is 0.298. The third-order valence-corrected chi connectivity index (χ3v) is 4.19. The fourth-order valence-corrected chi connectivity index (χ4v) is 2.76. The fourth-order valence-electron chi connectivity index (χ4n) is 2.76. The van der Waals surface area contributed by atoms with Gasteiger partial charge in [0.1, 0.15) is 0 Å². The van der Waals surface area contributed by atoms with Gasteiger partial charge >= 0.3 is 0 Å². The summed E-state index contributed by atoms with van der Waals surface area (Å²) in [5, 5.41) is 2.96. The van der Waals surface area contributed by atoms with Crippen LogP contribution in [0.25, 0.3) is 0 Å². The smallest absolute Gasteiger partial charge is 0.227 e. The quantitative estimate of drug-likeness (QED) is 0.830. The lowest BCUT2D eigenvalue weighted by molar-refractivity contribution is -0.126. The van der Waals surface area contributed by atoms with E-state index < -0.39 is 0 Å². The van der Waals surface area contributed by atoms with Gasteiger partial charge in [-0.05, 0) is 25.2 Å². The molecule has 2 amide bonds. The number of amides is 2. The molecule has 1 aliphatic heterocycles. The van der Waals surface area contributed by atoms with Crippen molar-refractivity contribution >= 4 is 17.5 Å². The Bertz CT molecular complexity index is 500. The fraction of sp³-hybridized carbons (Fsp3) is 0.529. The van der Waals surface area contributed by atoms with E-state index in [1.165, 1.54) is 0 Å². The van der Waals surface area contributed by atoms with Gasteiger partial charge in [0.05, 0.1) is 5.92 Å². The van der Waals surface area contributed by atoms with Crippen molar-refractivity contribution in [3.8, 4) is 0 Å². The summed E-state index contributed by atoms with van der Waals surface area (Å²) in [4.78, 5) is 28.3. The van der Waals surface area contributed by atoms with Crippen molar-refractivity contribution in [2.45, 2.75) is 20.3 Å². The Labute approximate surface area is 132 Å². The number of rotatable bonds is 7. The first-order valence-corrected chi connectivity index (χ1v) is 8.01. The predicted octanol–water partition coefficient (Wildman–Crippen LogP) is 1.50. The second-order valence-corrected chi connectivity index (χ2v) is 5.56. The van der Waals surface area contributed by atoms with Crippen LogP contribution >= 0.6 is 0 Å². The van der Waals surface area contributed by atoms with Gasteiger partial charge in [0.15, 0.2) is 0 Å². The first-order chi connectivity index (χ1) is 10.7.